The highest BCUT2D eigenvalue weighted by atomic mass is 15.2. The van der Waals surface area contributed by atoms with Crippen molar-refractivity contribution in [1.29, 1.82) is 0 Å². The summed E-state index contributed by atoms with van der Waals surface area (Å²) in [4.78, 5) is 6.98. The van der Waals surface area contributed by atoms with Crippen LogP contribution in [0, 0.1) is 0 Å². The van der Waals surface area contributed by atoms with Crippen LogP contribution in [-0.2, 0) is 0 Å². The average molecular weight is 247 g/mol. The molecule has 0 bridgehead atoms. The van der Waals surface area contributed by atoms with Crippen molar-refractivity contribution < 1.29 is 0 Å². The van der Waals surface area contributed by atoms with E-state index in [0.717, 1.165) is 12.2 Å². The third-order valence-electron chi connectivity index (χ3n) is 3.65. The molecule has 1 aromatic rings. The van der Waals surface area contributed by atoms with Crippen molar-refractivity contribution in [1.82, 2.24) is 15.2 Å². The lowest BCUT2D eigenvalue weighted by atomic mass is 10.1. The highest BCUT2D eigenvalue weighted by Crippen LogP contribution is 2.12. The van der Waals surface area contributed by atoms with Crippen molar-refractivity contribution >= 4 is 0 Å². The average Bonchev–Trinajstić information content (AvgIpc) is 2.40. The summed E-state index contributed by atoms with van der Waals surface area (Å²) in [6, 6.07) is 6.94. The summed E-state index contributed by atoms with van der Waals surface area (Å²) >= 11 is 0. The predicted molar refractivity (Wildman–Crippen MR) is 75.5 cm³/mol. The highest BCUT2D eigenvalue weighted by Gasteiger charge is 2.15. The van der Waals surface area contributed by atoms with Gasteiger partial charge in [-0.3, -0.25) is 4.98 Å². The first-order chi connectivity index (χ1) is 8.75. The molecule has 1 N–H and O–H groups in total. The zero-order chi connectivity index (χ0) is 12.8. The lowest BCUT2D eigenvalue weighted by Gasteiger charge is -2.30. The molecular formula is C15H25N3. The van der Waals surface area contributed by atoms with Gasteiger partial charge in [-0.25, -0.2) is 0 Å². The number of pyridine rings is 1. The number of nitrogens with zero attached hydrogens (tertiary/aromatic N) is 2. The monoisotopic (exact) mass is 247 g/mol. The lowest BCUT2D eigenvalue weighted by molar-refractivity contribution is 0.205. The highest BCUT2D eigenvalue weighted by molar-refractivity contribution is 5.07. The van der Waals surface area contributed by atoms with Gasteiger partial charge < -0.3 is 10.2 Å². The molecule has 3 heteroatoms. The van der Waals surface area contributed by atoms with E-state index in [1.54, 1.807) is 0 Å². The minimum atomic E-state index is 0.325. The quantitative estimate of drug-likeness (QED) is 0.867. The number of piperidine rings is 1. The summed E-state index contributed by atoms with van der Waals surface area (Å²) in [6.07, 6.45) is 6.00. The summed E-state index contributed by atoms with van der Waals surface area (Å²) in [5, 5.41) is 3.64. The molecule has 1 aromatic heterocycles. The summed E-state index contributed by atoms with van der Waals surface area (Å²) < 4.78 is 0. The molecule has 0 aliphatic carbocycles. The second-order valence-corrected chi connectivity index (χ2v) is 5.41. The van der Waals surface area contributed by atoms with Crippen LogP contribution in [0.4, 0.5) is 0 Å². The number of aromatic nitrogens is 1. The molecule has 1 aliphatic rings. The first-order valence-corrected chi connectivity index (χ1v) is 7.15. The van der Waals surface area contributed by atoms with Gasteiger partial charge in [0.1, 0.15) is 0 Å². The number of hydrogen-bond donors (Lipinski definition) is 1. The number of likely N-dealkylation sites (tertiary alicyclic amines) is 1. The van der Waals surface area contributed by atoms with Gasteiger partial charge in [-0.05, 0) is 51.9 Å². The molecular weight excluding hydrogens is 222 g/mol. The third kappa shape index (κ3) is 4.07. The van der Waals surface area contributed by atoms with Crippen LogP contribution < -0.4 is 5.32 Å². The van der Waals surface area contributed by atoms with Crippen molar-refractivity contribution in [3.63, 3.8) is 0 Å². The van der Waals surface area contributed by atoms with Gasteiger partial charge in [0, 0.05) is 24.8 Å². The normalized spacial score (nSPS) is 20.6. The Kier molecular flexibility index (Phi) is 5.14. The molecule has 1 aliphatic heterocycles. The summed E-state index contributed by atoms with van der Waals surface area (Å²) in [7, 11) is 0. The molecule has 100 valence electrons. The predicted octanol–water partition coefficient (Wildman–Crippen LogP) is 2.61. The van der Waals surface area contributed by atoms with E-state index in [2.05, 4.69) is 41.2 Å². The van der Waals surface area contributed by atoms with Gasteiger partial charge in [0.25, 0.3) is 0 Å². The maximum Gasteiger partial charge on any atom is 0.0570 e. The molecule has 1 fully saturated rings. The summed E-state index contributed by atoms with van der Waals surface area (Å²) in [5.41, 5.74) is 1.13. The Hall–Kier alpha value is -0.930. The van der Waals surface area contributed by atoms with Crippen molar-refractivity contribution in [3.8, 4) is 0 Å². The molecule has 18 heavy (non-hydrogen) atoms. The smallest absolute Gasteiger partial charge is 0.0570 e. The molecule has 0 saturated carbocycles. The topological polar surface area (TPSA) is 28.2 Å². The molecule has 2 rings (SSSR count). The second kappa shape index (κ2) is 6.86. The van der Waals surface area contributed by atoms with Gasteiger partial charge in [0.05, 0.1) is 5.69 Å². The number of rotatable bonds is 5. The van der Waals surface area contributed by atoms with E-state index in [1.807, 2.05) is 12.3 Å². The molecule has 3 nitrogen and oxygen atoms in total. The van der Waals surface area contributed by atoms with Gasteiger partial charge in [0.2, 0.25) is 0 Å². The second-order valence-electron chi connectivity index (χ2n) is 5.41. The standard InChI is InChI=1S/C15H25N3/c1-13(12-18-10-6-3-7-11-18)17-14(2)15-8-4-5-9-16-15/h4-5,8-9,13-14,17H,3,6-7,10-12H2,1-2H3. The molecule has 0 spiro atoms. The van der Waals surface area contributed by atoms with Crippen LogP contribution in [0.3, 0.4) is 0 Å². The van der Waals surface area contributed by atoms with Crippen molar-refractivity contribution in [2.24, 2.45) is 0 Å². The molecule has 0 amide bonds. The van der Waals surface area contributed by atoms with Crippen LogP contribution in [0.15, 0.2) is 24.4 Å². The van der Waals surface area contributed by atoms with Gasteiger partial charge in [-0.1, -0.05) is 12.5 Å². The van der Waals surface area contributed by atoms with E-state index in [1.165, 1.54) is 32.4 Å². The van der Waals surface area contributed by atoms with Crippen molar-refractivity contribution in [2.75, 3.05) is 19.6 Å². The zero-order valence-electron chi connectivity index (χ0n) is 11.6. The Morgan fingerprint density at radius 2 is 2.00 bits per heavy atom. The Morgan fingerprint density at radius 1 is 1.22 bits per heavy atom. The van der Waals surface area contributed by atoms with Crippen molar-refractivity contribution in [2.45, 2.75) is 45.2 Å². The maximum atomic E-state index is 4.40. The molecule has 2 unspecified atom stereocenters. The largest absolute Gasteiger partial charge is 0.305 e. The molecule has 2 heterocycles. The fraction of sp³-hybridized carbons (Fsp3) is 0.667. The van der Waals surface area contributed by atoms with Gasteiger partial charge >= 0.3 is 0 Å². The molecule has 0 aromatic carbocycles. The Morgan fingerprint density at radius 3 is 2.67 bits per heavy atom. The third-order valence-corrected chi connectivity index (χ3v) is 3.65. The Bertz CT molecular complexity index is 333. The first-order valence-electron chi connectivity index (χ1n) is 7.15. The Labute approximate surface area is 111 Å². The van der Waals surface area contributed by atoms with Crippen LogP contribution in [0.5, 0.6) is 0 Å². The fourth-order valence-electron chi connectivity index (χ4n) is 2.73. The van der Waals surface area contributed by atoms with Crippen LogP contribution >= 0.6 is 0 Å². The molecule has 1 saturated heterocycles. The zero-order valence-corrected chi connectivity index (χ0v) is 11.6. The minimum Gasteiger partial charge on any atom is -0.305 e. The maximum absolute atomic E-state index is 4.40. The number of nitrogens with one attached hydrogen (secondary N) is 1. The van der Waals surface area contributed by atoms with E-state index in [-0.39, 0.29) is 0 Å². The lowest BCUT2D eigenvalue weighted by Crippen LogP contribution is -2.42. The SMILES string of the molecule is CC(CN1CCCCC1)NC(C)c1ccccn1. The summed E-state index contributed by atoms with van der Waals surface area (Å²) in [6.45, 7) is 8.15. The van der Waals surface area contributed by atoms with Gasteiger partial charge in [0.15, 0.2) is 0 Å². The molecule has 2 atom stereocenters. The van der Waals surface area contributed by atoms with E-state index < -0.39 is 0 Å². The van der Waals surface area contributed by atoms with Crippen LogP contribution in [-0.4, -0.2) is 35.6 Å². The first kappa shape index (κ1) is 13.5. The Balaban J connectivity index is 1.78. The fourth-order valence-corrected chi connectivity index (χ4v) is 2.73. The van der Waals surface area contributed by atoms with E-state index in [0.29, 0.717) is 12.1 Å². The van der Waals surface area contributed by atoms with Crippen LogP contribution in [0.1, 0.15) is 44.8 Å². The van der Waals surface area contributed by atoms with Crippen LogP contribution in [0.25, 0.3) is 0 Å². The van der Waals surface area contributed by atoms with E-state index in [9.17, 15) is 0 Å². The van der Waals surface area contributed by atoms with E-state index >= 15 is 0 Å². The van der Waals surface area contributed by atoms with Gasteiger partial charge in [-0.15, -0.1) is 0 Å². The van der Waals surface area contributed by atoms with Crippen molar-refractivity contribution in [3.05, 3.63) is 30.1 Å². The van der Waals surface area contributed by atoms with Crippen LogP contribution in [0.2, 0.25) is 0 Å². The van der Waals surface area contributed by atoms with E-state index in [4.69, 9.17) is 0 Å². The van der Waals surface area contributed by atoms with Gasteiger partial charge in [-0.2, -0.15) is 0 Å². The summed E-state index contributed by atoms with van der Waals surface area (Å²) in [5.74, 6) is 0. The molecule has 0 radical (unpaired) electrons. The number of hydrogen-bond acceptors (Lipinski definition) is 3. The minimum absolute atomic E-state index is 0.325.